The van der Waals surface area contributed by atoms with Crippen molar-refractivity contribution in [3.05, 3.63) is 0 Å². The van der Waals surface area contributed by atoms with E-state index < -0.39 is 0 Å². The fourth-order valence-electron chi connectivity index (χ4n) is 4.18. The van der Waals surface area contributed by atoms with Gasteiger partial charge in [0.25, 0.3) is 0 Å². The van der Waals surface area contributed by atoms with E-state index in [4.69, 9.17) is 5.73 Å². The third kappa shape index (κ3) is 4.75. The maximum atomic E-state index is 5.69. The van der Waals surface area contributed by atoms with Gasteiger partial charge in [-0.25, -0.2) is 0 Å². The highest BCUT2D eigenvalue weighted by Gasteiger charge is 2.30. The first-order valence-corrected chi connectivity index (χ1v) is 8.53. The Morgan fingerprint density at radius 2 is 1.79 bits per heavy atom. The Kier molecular flexibility index (Phi) is 5.70. The van der Waals surface area contributed by atoms with E-state index in [0.717, 1.165) is 24.8 Å². The fourth-order valence-corrected chi connectivity index (χ4v) is 4.18. The van der Waals surface area contributed by atoms with E-state index in [9.17, 15) is 0 Å². The summed E-state index contributed by atoms with van der Waals surface area (Å²) in [6.07, 6.45) is 11.3. The monoisotopic (exact) mass is 266 g/mol. The second-order valence-electron chi connectivity index (χ2n) is 7.70. The number of nitrogens with two attached hydrogens (primary N) is 1. The van der Waals surface area contributed by atoms with Crippen molar-refractivity contribution < 1.29 is 0 Å². The van der Waals surface area contributed by atoms with Crippen molar-refractivity contribution in [2.45, 2.75) is 65.2 Å². The summed E-state index contributed by atoms with van der Waals surface area (Å²) in [4.78, 5) is 2.74. The van der Waals surface area contributed by atoms with E-state index >= 15 is 0 Å². The average Bonchev–Trinajstić information content (AvgIpc) is 2.38. The van der Waals surface area contributed by atoms with Gasteiger partial charge in [-0.1, -0.05) is 33.1 Å². The molecular weight excluding hydrogens is 232 g/mol. The molecule has 0 bridgehead atoms. The van der Waals surface area contributed by atoms with Crippen LogP contribution in [-0.2, 0) is 0 Å². The number of piperidine rings is 1. The standard InChI is InChI=1S/C17H34N2/c1-17(2,10-11-18)9-5-12-19-13-8-15-6-3-4-7-16(15)14-19/h15-16H,3-14,18H2,1-2H3. The Bertz CT molecular complexity index is 262. The van der Waals surface area contributed by atoms with Crippen molar-refractivity contribution in [3.63, 3.8) is 0 Å². The van der Waals surface area contributed by atoms with E-state index in [2.05, 4.69) is 18.7 Å². The number of nitrogens with zero attached hydrogens (tertiary/aromatic N) is 1. The second-order valence-corrected chi connectivity index (χ2v) is 7.70. The Labute approximate surface area is 120 Å². The number of rotatable bonds is 6. The highest BCUT2D eigenvalue weighted by molar-refractivity contribution is 4.83. The van der Waals surface area contributed by atoms with Crippen LogP contribution in [0.2, 0.25) is 0 Å². The first kappa shape index (κ1) is 15.3. The molecule has 0 aromatic rings. The van der Waals surface area contributed by atoms with Crippen LogP contribution in [0.1, 0.15) is 65.2 Å². The number of fused-ring (bicyclic) bond motifs is 1. The summed E-state index contributed by atoms with van der Waals surface area (Å²) in [5.74, 6) is 2.10. The van der Waals surface area contributed by atoms with Gasteiger partial charge in [-0.15, -0.1) is 0 Å². The molecule has 2 unspecified atom stereocenters. The molecule has 1 heterocycles. The van der Waals surface area contributed by atoms with Gasteiger partial charge in [0.05, 0.1) is 0 Å². The minimum atomic E-state index is 0.442. The van der Waals surface area contributed by atoms with Crippen molar-refractivity contribution in [3.8, 4) is 0 Å². The fraction of sp³-hybridized carbons (Fsp3) is 1.00. The molecule has 2 aliphatic rings. The molecule has 2 fully saturated rings. The predicted octanol–water partition coefficient (Wildman–Crippen LogP) is 3.65. The molecule has 0 radical (unpaired) electrons. The van der Waals surface area contributed by atoms with Gasteiger partial charge in [-0.05, 0) is 69.0 Å². The summed E-state index contributed by atoms with van der Waals surface area (Å²) in [5, 5.41) is 0. The maximum absolute atomic E-state index is 5.69. The van der Waals surface area contributed by atoms with Crippen LogP contribution in [0.5, 0.6) is 0 Å². The molecule has 112 valence electrons. The topological polar surface area (TPSA) is 29.3 Å². The molecule has 2 atom stereocenters. The molecule has 2 rings (SSSR count). The average molecular weight is 266 g/mol. The number of hydrogen-bond donors (Lipinski definition) is 1. The van der Waals surface area contributed by atoms with Gasteiger partial charge in [0, 0.05) is 6.54 Å². The molecule has 2 nitrogen and oxygen atoms in total. The Balaban J connectivity index is 1.66. The maximum Gasteiger partial charge on any atom is 0.00123 e. The Morgan fingerprint density at radius 1 is 1.05 bits per heavy atom. The predicted molar refractivity (Wildman–Crippen MR) is 83.2 cm³/mol. The van der Waals surface area contributed by atoms with E-state index in [0.29, 0.717) is 5.41 Å². The molecule has 19 heavy (non-hydrogen) atoms. The molecule has 0 aromatic carbocycles. The van der Waals surface area contributed by atoms with Crippen molar-refractivity contribution in [2.24, 2.45) is 23.0 Å². The van der Waals surface area contributed by atoms with Crippen molar-refractivity contribution in [2.75, 3.05) is 26.2 Å². The summed E-state index contributed by atoms with van der Waals surface area (Å²) >= 11 is 0. The SMILES string of the molecule is CC(C)(CCN)CCCN1CCC2CCCCC2C1. The molecule has 0 aromatic heterocycles. The zero-order chi connectivity index (χ0) is 13.7. The van der Waals surface area contributed by atoms with E-state index in [1.54, 1.807) is 0 Å². The zero-order valence-electron chi connectivity index (χ0n) is 13.2. The number of hydrogen-bond acceptors (Lipinski definition) is 2. The first-order valence-electron chi connectivity index (χ1n) is 8.53. The Hall–Kier alpha value is -0.0800. The van der Waals surface area contributed by atoms with Gasteiger partial charge in [0.1, 0.15) is 0 Å². The van der Waals surface area contributed by atoms with Crippen LogP contribution in [0.25, 0.3) is 0 Å². The van der Waals surface area contributed by atoms with Crippen LogP contribution in [-0.4, -0.2) is 31.1 Å². The molecule has 2 heteroatoms. The van der Waals surface area contributed by atoms with Crippen molar-refractivity contribution >= 4 is 0 Å². The van der Waals surface area contributed by atoms with Gasteiger partial charge in [0.15, 0.2) is 0 Å². The van der Waals surface area contributed by atoms with Gasteiger partial charge >= 0.3 is 0 Å². The van der Waals surface area contributed by atoms with Crippen LogP contribution in [0.4, 0.5) is 0 Å². The van der Waals surface area contributed by atoms with Crippen LogP contribution in [0.15, 0.2) is 0 Å². The lowest BCUT2D eigenvalue weighted by Crippen LogP contribution is -2.42. The minimum Gasteiger partial charge on any atom is -0.330 e. The number of likely N-dealkylation sites (tertiary alicyclic amines) is 1. The minimum absolute atomic E-state index is 0.442. The van der Waals surface area contributed by atoms with Crippen LogP contribution >= 0.6 is 0 Å². The van der Waals surface area contributed by atoms with E-state index in [1.807, 2.05) is 0 Å². The van der Waals surface area contributed by atoms with Gasteiger partial charge in [-0.3, -0.25) is 0 Å². The summed E-state index contributed by atoms with van der Waals surface area (Å²) in [7, 11) is 0. The lowest BCUT2D eigenvalue weighted by molar-refractivity contribution is 0.0831. The Morgan fingerprint density at radius 3 is 2.53 bits per heavy atom. The van der Waals surface area contributed by atoms with E-state index in [1.165, 1.54) is 64.6 Å². The quantitative estimate of drug-likeness (QED) is 0.795. The van der Waals surface area contributed by atoms with Crippen LogP contribution in [0.3, 0.4) is 0 Å². The van der Waals surface area contributed by atoms with Gasteiger partial charge in [-0.2, -0.15) is 0 Å². The third-order valence-electron chi connectivity index (χ3n) is 5.52. The van der Waals surface area contributed by atoms with Crippen molar-refractivity contribution in [1.82, 2.24) is 4.90 Å². The molecule has 1 aliphatic carbocycles. The summed E-state index contributed by atoms with van der Waals surface area (Å²) in [6.45, 7) is 9.64. The highest BCUT2D eigenvalue weighted by Crippen LogP contribution is 2.36. The first-order chi connectivity index (χ1) is 9.11. The van der Waals surface area contributed by atoms with Gasteiger partial charge in [0.2, 0.25) is 0 Å². The lowest BCUT2D eigenvalue weighted by atomic mass is 9.75. The molecule has 1 aliphatic heterocycles. The van der Waals surface area contributed by atoms with E-state index in [-0.39, 0.29) is 0 Å². The zero-order valence-corrected chi connectivity index (χ0v) is 13.2. The normalized spacial score (nSPS) is 29.2. The summed E-state index contributed by atoms with van der Waals surface area (Å²) in [6, 6.07) is 0. The molecule has 2 N–H and O–H groups in total. The van der Waals surface area contributed by atoms with Crippen molar-refractivity contribution in [1.29, 1.82) is 0 Å². The molecule has 1 saturated heterocycles. The second kappa shape index (κ2) is 7.08. The molecular formula is C17H34N2. The molecule has 1 saturated carbocycles. The van der Waals surface area contributed by atoms with Crippen LogP contribution < -0.4 is 5.73 Å². The lowest BCUT2D eigenvalue weighted by Gasteiger charge is -2.41. The summed E-state index contributed by atoms with van der Waals surface area (Å²) < 4.78 is 0. The molecule has 0 spiro atoms. The van der Waals surface area contributed by atoms with Crippen LogP contribution in [0, 0.1) is 17.3 Å². The third-order valence-corrected chi connectivity index (χ3v) is 5.52. The smallest absolute Gasteiger partial charge is 0.00123 e. The van der Waals surface area contributed by atoms with Gasteiger partial charge < -0.3 is 10.6 Å². The summed E-state index contributed by atoms with van der Waals surface area (Å²) in [5.41, 5.74) is 6.13. The largest absolute Gasteiger partial charge is 0.330 e. The highest BCUT2D eigenvalue weighted by atomic mass is 15.1. The molecule has 0 amide bonds.